The van der Waals surface area contributed by atoms with Crippen molar-refractivity contribution in [1.82, 2.24) is 10.1 Å². The molecule has 0 unspecified atom stereocenters. The van der Waals surface area contributed by atoms with Crippen LogP contribution in [-0.4, -0.2) is 16.0 Å². The maximum atomic E-state index is 12.4. The summed E-state index contributed by atoms with van der Waals surface area (Å²) >= 11 is 6.07. The lowest BCUT2D eigenvalue weighted by atomic mass is 10.2. The number of hydrogen-bond donors (Lipinski definition) is 2. The average molecular weight is 343 g/mol. The number of halogens is 1. The van der Waals surface area contributed by atoms with Crippen molar-refractivity contribution >= 4 is 34.7 Å². The molecule has 2 heterocycles. The zero-order chi connectivity index (χ0) is 17.1. The molecule has 0 saturated carbocycles. The third kappa shape index (κ3) is 3.55. The van der Waals surface area contributed by atoms with Crippen LogP contribution in [0.5, 0.6) is 0 Å². The topological polar surface area (TPSA) is 80.0 Å². The maximum absolute atomic E-state index is 12.4. The molecule has 0 atom stereocenters. The molecule has 24 heavy (non-hydrogen) atoms. The minimum absolute atomic E-state index is 0.277. The summed E-state index contributed by atoms with van der Waals surface area (Å²) in [5.74, 6) is 0.942. The summed E-state index contributed by atoms with van der Waals surface area (Å²) in [7, 11) is 0. The number of carbonyl (C=O) groups is 1. The number of benzene rings is 1. The molecule has 2 aromatic heterocycles. The van der Waals surface area contributed by atoms with E-state index in [0.717, 1.165) is 5.56 Å². The summed E-state index contributed by atoms with van der Waals surface area (Å²) in [6.07, 6.45) is 1.55. The van der Waals surface area contributed by atoms with Gasteiger partial charge in [-0.3, -0.25) is 9.78 Å². The molecule has 3 rings (SSSR count). The minimum atomic E-state index is -0.319. The highest BCUT2D eigenvalue weighted by molar-refractivity contribution is 6.31. The average Bonchev–Trinajstić information content (AvgIpc) is 2.97. The van der Waals surface area contributed by atoms with Crippen LogP contribution in [0, 0.1) is 13.8 Å². The number of nitrogens with zero attached hydrogens (tertiary/aromatic N) is 2. The number of aromatic nitrogens is 2. The van der Waals surface area contributed by atoms with Gasteiger partial charge in [-0.05, 0) is 43.7 Å². The lowest BCUT2D eigenvalue weighted by Crippen LogP contribution is -2.14. The van der Waals surface area contributed by atoms with Crippen LogP contribution in [0.4, 0.5) is 17.2 Å². The van der Waals surface area contributed by atoms with E-state index in [1.54, 1.807) is 49.5 Å². The molecule has 1 aromatic carbocycles. The Hall–Kier alpha value is -2.86. The molecule has 0 aliphatic heterocycles. The van der Waals surface area contributed by atoms with Crippen LogP contribution in [0.1, 0.15) is 21.8 Å². The predicted octanol–water partition coefficient (Wildman–Crippen LogP) is 4.34. The van der Waals surface area contributed by atoms with Gasteiger partial charge in [0.25, 0.3) is 5.91 Å². The molecular weight excluding hydrogens is 328 g/mol. The van der Waals surface area contributed by atoms with Gasteiger partial charge in [0.2, 0.25) is 0 Å². The summed E-state index contributed by atoms with van der Waals surface area (Å²) < 4.78 is 5.00. The lowest BCUT2D eigenvalue weighted by molar-refractivity contribution is 0.102. The fourth-order valence-electron chi connectivity index (χ4n) is 2.13. The molecule has 2 N–H and O–H groups in total. The van der Waals surface area contributed by atoms with Gasteiger partial charge in [-0.2, -0.15) is 0 Å². The Labute approximate surface area is 143 Å². The zero-order valence-corrected chi connectivity index (χ0v) is 13.9. The van der Waals surface area contributed by atoms with Crippen molar-refractivity contribution in [3.63, 3.8) is 0 Å². The third-order valence-corrected chi connectivity index (χ3v) is 3.82. The van der Waals surface area contributed by atoms with Crippen molar-refractivity contribution in [3.8, 4) is 0 Å². The number of amides is 1. The molecule has 0 spiro atoms. The van der Waals surface area contributed by atoms with E-state index in [9.17, 15) is 4.79 Å². The first-order valence-electron chi connectivity index (χ1n) is 7.26. The van der Waals surface area contributed by atoms with Gasteiger partial charge in [-0.1, -0.05) is 22.8 Å². The Kier molecular flexibility index (Phi) is 4.48. The molecule has 0 aliphatic rings. The van der Waals surface area contributed by atoms with E-state index in [1.165, 1.54) is 0 Å². The second-order valence-electron chi connectivity index (χ2n) is 5.24. The highest BCUT2D eigenvalue weighted by atomic mass is 35.5. The van der Waals surface area contributed by atoms with Crippen molar-refractivity contribution in [2.75, 3.05) is 10.6 Å². The van der Waals surface area contributed by atoms with Crippen molar-refractivity contribution in [3.05, 3.63) is 64.6 Å². The van der Waals surface area contributed by atoms with E-state index in [1.807, 2.05) is 6.92 Å². The van der Waals surface area contributed by atoms with E-state index in [0.29, 0.717) is 28.0 Å². The Bertz CT molecular complexity index is 892. The molecule has 0 saturated heterocycles. The number of rotatable bonds is 4. The van der Waals surface area contributed by atoms with Gasteiger partial charge in [0.15, 0.2) is 5.82 Å². The van der Waals surface area contributed by atoms with Gasteiger partial charge >= 0.3 is 0 Å². The van der Waals surface area contributed by atoms with Crippen LogP contribution < -0.4 is 10.6 Å². The molecule has 3 aromatic rings. The highest BCUT2D eigenvalue weighted by Gasteiger charge is 2.11. The maximum Gasteiger partial charge on any atom is 0.274 e. The van der Waals surface area contributed by atoms with Crippen LogP contribution in [0.2, 0.25) is 5.02 Å². The molecule has 1 amide bonds. The first-order valence-corrected chi connectivity index (χ1v) is 7.63. The number of carbonyl (C=O) groups excluding carboxylic acids is 1. The third-order valence-electron chi connectivity index (χ3n) is 3.41. The Morgan fingerprint density at radius 3 is 2.79 bits per heavy atom. The van der Waals surface area contributed by atoms with Crippen molar-refractivity contribution < 1.29 is 9.32 Å². The smallest absolute Gasteiger partial charge is 0.274 e. The van der Waals surface area contributed by atoms with Gasteiger partial charge < -0.3 is 15.2 Å². The molecule has 122 valence electrons. The summed E-state index contributed by atoms with van der Waals surface area (Å²) in [6, 6.07) is 10.5. The fourth-order valence-corrected chi connectivity index (χ4v) is 2.31. The van der Waals surface area contributed by atoms with E-state index < -0.39 is 0 Å². The standard InChI is InChI=1S/C17H15ClN4O2/c1-10-8-16(22-24-10)20-12-6-7-19-15(9-12)17(23)21-14-5-3-4-13(18)11(14)2/h3-9H,1-2H3,(H,21,23)(H,19,20,22). The number of hydrogen-bond acceptors (Lipinski definition) is 5. The Morgan fingerprint density at radius 1 is 1.21 bits per heavy atom. The number of nitrogens with one attached hydrogen (secondary N) is 2. The molecule has 0 aliphatic carbocycles. The van der Waals surface area contributed by atoms with Gasteiger partial charge in [-0.15, -0.1) is 0 Å². The number of aryl methyl sites for hydroxylation is 1. The fraction of sp³-hybridized carbons (Fsp3) is 0.118. The molecular formula is C17H15ClN4O2. The monoisotopic (exact) mass is 342 g/mol. The first-order chi connectivity index (χ1) is 11.5. The second kappa shape index (κ2) is 6.72. The van der Waals surface area contributed by atoms with E-state index in [4.69, 9.17) is 16.1 Å². The summed E-state index contributed by atoms with van der Waals surface area (Å²) in [5.41, 5.74) is 2.42. The van der Waals surface area contributed by atoms with Crippen LogP contribution in [0.15, 0.2) is 47.1 Å². The number of anilines is 3. The summed E-state index contributed by atoms with van der Waals surface area (Å²) in [6.45, 7) is 3.65. The van der Waals surface area contributed by atoms with Crippen molar-refractivity contribution in [1.29, 1.82) is 0 Å². The predicted molar refractivity (Wildman–Crippen MR) is 92.9 cm³/mol. The van der Waals surface area contributed by atoms with E-state index in [2.05, 4.69) is 20.8 Å². The minimum Gasteiger partial charge on any atom is -0.360 e. The van der Waals surface area contributed by atoms with Crippen molar-refractivity contribution in [2.24, 2.45) is 0 Å². The SMILES string of the molecule is Cc1cc(Nc2ccnc(C(=O)Nc3cccc(Cl)c3C)c2)no1. The van der Waals surface area contributed by atoms with Crippen LogP contribution in [0.3, 0.4) is 0 Å². The second-order valence-corrected chi connectivity index (χ2v) is 5.65. The lowest BCUT2D eigenvalue weighted by Gasteiger charge is -2.10. The molecule has 0 radical (unpaired) electrons. The van der Waals surface area contributed by atoms with Crippen LogP contribution in [0.25, 0.3) is 0 Å². The highest BCUT2D eigenvalue weighted by Crippen LogP contribution is 2.23. The van der Waals surface area contributed by atoms with Gasteiger partial charge in [0.05, 0.1) is 0 Å². The molecule has 7 heteroatoms. The van der Waals surface area contributed by atoms with E-state index in [-0.39, 0.29) is 11.6 Å². The van der Waals surface area contributed by atoms with Crippen LogP contribution >= 0.6 is 11.6 Å². The first kappa shape index (κ1) is 16.0. The molecule has 0 fully saturated rings. The Morgan fingerprint density at radius 2 is 2.04 bits per heavy atom. The Balaban J connectivity index is 1.78. The summed E-state index contributed by atoms with van der Waals surface area (Å²) in [4.78, 5) is 16.5. The molecule has 6 nitrogen and oxygen atoms in total. The van der Waals surface area contributed by atoms with Gasteiger partial charge in [-0.25, -0.2) is 0 Å². The largest absolute Gasteiger partial charge is 0.360 e. The van der Waals surface area contributed by atoms with E-state index >= 15 is 0 Å². The number of pyridine rings is 1. The van der Waals surface area contributed by atoms with Crippen LogP contribution in [-0.2, 0) is 0 Å². The normalized spacial score (nSPS) is 10.5. The quantitative estimate of drug-likeness (QED) is 0.737. The summed E-state index contributed by atoms with van der Waals surface area (Å²) in [5, 5.41) is 10.3. The zero-order valence-electron chi connectivity index (χ0n) is 13.1. The van der Waals surface area contributed by atoms with Gasteiger partial charge in [0.1, 0.15) is 11.5 Å². The van der Waals surface area contributed by atoms with Gasteiger partial charge in [0, 0.05) is 28.7 Å². The molecule has 0 bridgehead atoms. The van der Waals surface area contributed by atoms with Crippen molar-refractivity contribution in [2.45, 2.75) is 13.8 Å².